The van der Waals surface area contributed by atoms with E-state index in [9.17, 15) is 9.59 Å². The zero-order chi connectivity index (χ0) is 15.6. The summed E-state index contributed by atoms with van der Waals surface area (Å²) in [6, 6.07) is -0.0526. The molecule has 0 radical (unpaired) electrons. The Morgan fingerprint density at radius 2 is 2.19 bits per heavy atom. The topological polar surface area (TPSA) is 97.5 Å². The molecule has 1 atom stereocenters. The second-order valence-corrected chi connectivity index (χ2v) is 6.10. The zero-order valence-corrected chi connectivity index (χ0v) is 12.4. The van der Waals surface area contributed by atoms with Crippen LogP contribution in [0.3, 0.4) is 0 Å². The van der Waals surface area contributed by atoms with Crippen LogP contribution in [0.1, 0.15) is 44.1 Å². The average molecular weight is 296 g/mol. The summed E-state index contributed by atoms with van der Waals surface area (Å²) in [6.45, 7) is 6.53. The number of rotatable bonds is 3. The Morgan fingerprint density at radius 1 is 1.48 bits per heavy atom. The van der Waals surface area contributed by atoms with Crippen molar-refractivity contribution in [3.63, 3.8) is 0 Å². The lowest BCUT2D eigenvalue weighted by Gasteiger charge is -2.28. The van der Waals surface area contributed by atoms with Crippen LogP contribution in [0.4, 0.5) is 4.79 Å². The van der Waals surface area contributed by atoms with Crippen molar-refractivity contribution in [3.8, 4) is 0 Å². The van der Waals surface area contributed by atoms with Gasteiger partial charge in [0.1, 0.15) is 5.60 Å². The van der Waals surface area contributed by atoms with E-state index in [1.54, 1.807) is 4.90 Å². The maximum atomic E-state index is 12.1. The molecule has 1 fully saturated rings. The third kappa shape index (κ3) is 3.93. The Kier molecular flexibility index (Phi) is 4.15. The summed E-state index contributed by atoms with van der Waals surface area (Å²) in [5.74, 6) is -1.11. The van der Waals surface area contributed by atoms with E-state index in [1.165, 1.54) is 10.9 Å². The molecule has 1 N–H and O–H groups in total. The number of ether oxygens (including phenoxy) is 1. The molecule has 1 amide bonds. The molecule has 1 aliphatic heterocycles. The Bertz CT molecular complexity index is 535. The van der Waals surface area contributed by atoms with Gasteiger partial charge < -0.3 is 14.7 Å². The van der Waals surface area contributed by atoms with Crippen LogP contribution in [0.25, 0.3) is 0 Å². The van der Waals surface area contributed by atoms with E-state index >= 15 is 0 Å². The van der Waals surface area contributed by atoms with Gasteiger partial charge in [0.2, 0.25) is 0 Å². The second-order valence-electron chi connectivity index (χ2n) is 6.10. The number of nitrogens with zero attached hydrogens (tertiary/aromatic N) is 4. The number of amides is 1. The fraction of sp³-hybridized carbons (Fsp3) is 0.692. The van der Waals surface area contributed by atoms with Crippen LogP contribution in [-0.4, -0.2) is 55.3 Å². The maximum absolute atomic E-state index is 12.1. The molecule has 0 saturated carbocycles. The van der Waals surface area contributed by atoms with E-state index in [4.69, 9.17) is 9.84 Å². The van der Waals surface area contributed by atoms with E-state index in [0.29, 0.717) is 13.1 Å². The number of likely N-dealkylation sites (tertiary alicyclic amines) is 1. The van der Waals surface area contributed by atoms with Gasteiger partial charge in [-0.1, -0.05) is 5.21 Å². The number of hydrogen-bond acceptors (Lipinski definition) is 5. The molecule has 0 spiro atoms. The Labute approximate surface area is 122 Å². The van der Waals surface area contributed by atoms with Crippen molar-refractivity contribution < 1.29 is 19.4 Å². The quantitative estimate of drug-likeness (QED) is 0.904. The number of carboxylic acids is 1. The molecule has 1 unspecified atom stereocenters. The zero-order valence-electron chi connectivity index (χ0n) is 12.4. The molecular weight excluding hydrogens is 276 g/mol. The highest BCUT2D eigenvalue weighted by molar-refractivity contribution is 5.84. The molecule has 116 valence electrons. The van der Waals surface area contributed by atoms with Gasteiger partial charge in [-0.15, -0.1) is 5.10 Å². The van der Waals surface area contributed by atoms with Crippen molar-refractivity contribution in [2.24, 2.45) is 0 Å². The first-order valence-corrected chi connectivity index (χ1v) is 6.89. The van der Waals surface area contributed by atoms with Crippen LogP contribution in [0.5, 0.6) is 0 Å². The van der Waals surface area contributed by atoms with Crippen molar-refractivity contribution in [1.29, 1.82) is 0 Å². The van der Waals surface area contributed by atoms with Gasteiger partial charge in [-0.25, -0.2) is 14.3 Å². The Morgan fingerprint density at radius 3 is 2.76 bits per heavy atom. The van der Waals surface area contributed by atoms with Crippen molar-refractivity contribution in [2.45, 2.75) is 51.8 Å². The van der Waals surface area contributed by atoms with Crippen LogP contribution in [-0.2, 0) is 11.3 Å². The van der Waals surface area contributed by atoms with Crippen LogP contribution in [0, 0.1) is 0 Å². The number of carbonyl (C=O) groups is 2. The minimum absolute atomic E-state index is 0.0526. The predicted molar refractivity (Wildman–Crippen MR) is 72.9 cm³/mol. The lowest BCUT2D eigenvalue weighted by molar-refractivity contribution is 0.0211. The van der Waals surface area contributed by atoms with Gasteiger partial charge in [0.25, 0.3) is 0 Å². The van der Waals surface area contributed by atoms with Gasteiger partial charge in [-0.3, -0.25) is 0 Å². The predicted octanol–water partition coefficient (Wildman–Crippen LogP) is 1.38. The standard InChI is InChI=1S/C13H20N4O4/c1-13(2,3)21-12(20)17-6-4-5-9(17)7-16-8-10(11(18)19)14-15-16/h8-9H,4-7H2,1-3H3,(H,18,19). The van der Waals surface area contributed by atoms with Crippen molar-refractivity contribution in [1.82, 2.24) is 19.9 Å². The molecule has 8 nitrogen and oxygen atoms in total. The number of carbonyl (C=O) groups excluding carboxylic acids is 1. The fourth-order valence-electron chi connectivity index (χ4n) is 2.29. The van der Waals surface area contributed by atoms with E-state index in [-0.39, 0.29) is 17.8 Å². The Hall–Kier alpha value is -2.12. The number of aromatic nitrogens is 3. The first-order valence-electron chi connectivity index (χ1n) is 6.89. The van der Waals surface area contributed by atoms with E-state index in [2.05, 4.69) is 10.3 Å². The minimum atomic E-state index is -1.11. The van der Waals surface area contributed by atoms with Gasteiger partial charge in [0.15, 0.2) is 5.69 Å². The smallest absolute Gasteiger partial charge is 0.410 e. The highest BCUT2D eigenvalue weighted by Gasteiger charge is 2.32. The first kappa shape index (κ1) is 15.3. The Balaban J connectivity index is 2.01. The number of carboxylic acid groups (broad SMARTS) is 1. The van der Waals surface area contributed by atoms with Crippen LogP contribution in [0.2, 0.25) is 0 Å². The molecule has 0 aliphatic carbocycles. The van der Waals surface area contributed by atoms with Gasteiger partial charge in [-0.2, -0.15) is 0 Å². The molecule has 2 rings (SSSR count). The summed E-state index contributed by atoms with van der Waals surface area (Å²) < 4.78 is 6.84. The largest absolute Gasteiger partial charge is 0.476 e. The van der Waals surface area contributed by atoms with Gasteiger partial charge in [-0.05, 0) is 33.6 Å². The molecule has 1 saturated heterocycles. The third-order valence-electron chi connectivity index (χ3n) is 3.16. The monoisotopic (exact) mass is 296 g/mol. The molecule has 1 aromatic rings. The van der Waals surface area contributed by atoms with Gasteiger partial charge in [0.05, 0.1) is 18.8 Å². The summed E-state index contributed by atoms with van der Waals surface area (Å²) in [6.07, 6.45) is 2.75. The molecule has 0 bridgehead atoms. The lowest BCUT2D eigenvalue weighted by atomic mass is 10.2. The number of aromatic carboxylic acids is 1. The van der Waals surface area contributed by atoms with Gasteiger partial charge >= 0.3 is 12.1 Å². The second kappa shape index (κ2) is 5.71. The van der Waals surface area contributed by atoms with E-state index < -0.39 is 11.6 Å². The molecular formula is C13H20N4O4. The maximum Gasteiger partial charge on any atom is 0.410 e. The van der Waals surface area contributed by atoms with Crippen LogP contribution >= 0.6 is 0 Å². The molecule has 0 aromatic carbocycles. The first-order chi connectivity index (χ1) is 9.76. The molecule has 21 heavy (non-hydrogen) atoms. The number of hydrogen-bond donors (Lipinski definition) is 1. The molecule has 2 heterocycles. The van der Waals surface area contributed by atoms with Gasteiger partial charge in [0, 0.05) is 6.54 Å². The molecule has 8 heteroatoms. The fourth-order valence-corrected chi connectivity index (χ4v) is 2.29. The molecule has 1 aliphatic rings. The van der Waals surface area contributed by atoms with Crippen molar-refractivity contribution in [3.05, 3.63) is 11.9 Å². The van der Waals surface area contributed by atoms with Crippen molar-refractivity contribution >= 4 is 12.1 Å². The summed E-state index contributed by atoms with van der Waals surface area (Å²) in [7, 11) is 0. The summed E-state index contributed by atoms with van der Waals surface area (Å²) in [5, 5.41) is 16.2. The highest BCUT2D eigenvalue weighted by atomic mass is 16.6. The summed E-state index contributed by atoms with van der Waals surface area (Å²) >= 11 is 0. The average Bonchev–Trinajstić information content (AvgIpc) is 2.96. The third-order valence-corrected chi connectivity index (χ3v) is 3.16. The lowest BCUT2D eigenvalue weighted by Crippen LogP contribution is -2.41. The van der Waals surface area contributed by atoms with E-state index in [1.807, 2.05) is 20.8 Å². The van der Waals surface area contributed by atoms with Crippen molar-refractivity contribution in [2.75, 3.05) is 6.54 Å². The normalized spacial score (nSPS) is 18.8. The SMILES string of the molecule is CC(C)(C)OC(=O)N1CCCC1Cn1cc(C(=O)O)nn1. The van der Waals surface area contributed by atoms with E-state index in [0.717, 1.165) is 12.8 Å². The summed E-state index contributed by atoms with van der Waals surface area (Å²) in [4.78, 5) is 24.6. The summed E-state index contributed by atoms with van der Waals surface area (Å²) in [5.41, 5.74) is -0.634. The van der Waals surface area contributed by atoms with Crippen LogP contribution < -0.4 is 0 Å². The minimum Gasteiger partial charge on any atom is -0.476 e. The highest BCUT2D eigenvalue weighted by Crippen LogP contribution is 2.21. The molecule has 1 aromatic heterocycles. The van der Waals surface area contributed by atoms with Crippen LogP contribution in [0.15, 0.2) is 6.20 Å².